The lowest BCUT2D eigenvalue weighted by molar-refractivity contribution is -0.145. The number of hydrogen-bond donors (Lipinski definition) is 1. The van der Waals surface area contributed by atoms with Crippen molar-refractivity contribution in [1.82, 2.24) is 25.3 Å². The molecule has 0 spiro atoms. The van der Waals surface area contributed by atoms with Gasteiger partial charge in [0.05, 0.1) is 24.1 Å². The van der Waals surface area contributed by atoms with E-state index in [1.807, 2.05) is 0 Å². The molecule has 2 atom stereocenters. The van der Waals surface area contributed by atoms with E-state index in [-0.39, 0.29) is 24.0 Å². The second kappa shape index (κ2) is 11.1. The van der Waals surface area contributed by atoms with Crippen LogP contribution in [0.1, 0.15) is 20.8 Å². The molecule has 0 saturated carbocycles. The number of carbonyl (C=O) groups is 2. The third-order valence-corrected chi connectivity index (χ3v) is 5.68. The highest BCUT2D eigenvalue weighted by atomic mass is 35.5. The van der Waals surface area contributed by atoms with Crippen LogP contribution in [0.15, 0.2) is 42.9 Å². The van der Waals surface area contributed by atoms with Gasteiger partial charge in [-0.1, -0.05) is 11.6 Å². The number of alkyl carbamates (subject to hydrolysis) is 1. The largest absolute Gasteiger partial charge is 0.469 e. The van der Waals surface area contributed by atoms with Crippen LogP contribution in [0.2, 0.25) is 5.02 Å². The third-order valence-electron chi connectivity index (χ3n) is 5.47. The molecule has 0 radical (unpaired) electrons. The first kappa shape index (κ1) is 27.0. The summed E-state index contributed by atoms with van der Waals surface area (Å²) in [6.45, 7) is 5.74. The minimum Gasteiger partial charge on any atom is -0.469 e. The minimum absolute atomic E-state index is 0.165. The van der Waals surface area contributed by atoms with Crippen molar-refractivity contribution < 1.29 is 28.2 Å². The fourth-order valence-corrected chi connectivity index (χ4v) is 3.95. The van der Waals surface area contributed by atoms with Crippen LogP contribution >= 0.6 is 11.6 Å². The SMILES string of the molecule is COC(=O)[C@@H]1CN(c2ncnc(-c3ccc(Oc4ncc(Cl)cc4F)cc3)n2)C[C@@H]1NC(=O)OC(C)(C)C. The van der Waals surface area contributed by atoms with Crippen molar-refractivity contribution in [3.05, 3.63) is 53.7 Å². The Labute approximate surface area is 223 Å². The highest BCUT2D eigenvalue weighted by molar-refractivity contribution is 6.30. The van der Waals surface area contributed by atoms with Gasteiger partial charge in [-0.15, -0.1) is 0 Å². The van der Waals surface area contributed by atoms with Crippen molar-refractivity contribution >= 4 is 29.6 Å². The Bertz CT molecular complexity index is 1320. The highest BCUT2D eigenvalue weighted by Gasteiger charge is 2.41. The van der Waals surface area contributed by atoms with Gasteiger partial charge in [0, 0.05) is 24.8 Å². The molecule has 11 nitrogen and oxygen atoms in total. The summed E-state index contributed by atoms with van der Waals surface area (Å²) in [4.78, 5) is 43.4. The van der Waals surface area contributed by atoms with Gasteiger partial charge < -0.3 is 24.4 Å². The van der Waals surface area contributed by atoms with Gasteiger partial charge in [-0.25, -0.2) is 24.1 Å². The van der Waals surface area contributed by atoms with Crippen molar-refractivity contribution in [2.24, 2.45) is 5.92 Å². The topological polar surface area (TPSA) is 129 Å². The van der Waals surface area contributed by atoms with Gasteiger partial charge in [-0.2, -0.15) is 4.98 Å². The van der Waals surface area contributed by atoms with Crippen molar-refractivity contribution in [1.29, 1.82) is 0 Å². The van der Waals surface area contributed by atoms with Crippen LogP contribution in [-0.2, 0) is 14.3 Å². The molecule has 0 unspecified atom stereocenters. The predicted octanol–water partition coefficient (Wildman–Crippen LogP) is 4.02. The van der Waals surface area contributed by atoms with E-state index in [1.165, 1.54) is 19.6 Å². The highest BCUT2D eigenvalue weighted by Crippen LogP contribution is 2.28. The Balaban J connectivity index is 1.49. The van der Waals surface area contributed by atoms with E-state index in [1.54, 1.807) is 49.9 Å². The molecule has 4 rings (SSSR count). The number of hydrogen-bond acceptors (Lipinski definition) is 10. The van der Waals surface area contributed by atoms with E-state index >= 15 is 0 Å². The molecule has 3 heterocycles. The summed E-state index contributed by atoms with van der Waals surface area (Å²) < 4.78 is 29.7. The molecule has 1 aliphatic rings. The molecule has 2 aromatic heterocycles. The molecule has 13 heteroatoms. The van der Waals surface area contributed by atoms with Crippen LogP contribution in [0.4, 0.5) is 15.1 Å². The number of rotatable bonds is 6. The maximum absolute atomic E-state index is 14.0. The summed E-state index contributed by atoms with van der Waals surface area (Å²) in [5.74, 6) is -0.947. The zero-order valence-electron chi connectivity index (χ0n) is 21.1. The summed E-state index contributed by atoms with van der Waals surface area (Å²) in [5, 5.41) is 2.92. The van der Waals surface area contributed by atoms with Crippen molar-refractivity contribution in [3.8, 4) is 23.0 Å². The minimum atomic E-state index is -0.688. The standard InChI is InChI=1S/C25H26ClFN6O5/c1-25(2,3)38-24(35)31-19-12-33(11-17(19)22(34)36-4)23-30-13-29-20(32-23)14-5-7-16(8-6-14)37-21-18(27)9-15(26)10-28-21/h5-10,13,17,19H,11-12H2,1-4H3,(H,31,35)/t17-,19+/m1/s1. The number of nitrogens with zero attached hydrogens (tertiary/aromatic N) is 5. The average Bonchev–Trinajstić information content (AvgIpc) is 3.28. The number of aromatic nitrogens is 4. The van der Waals surface area contributed by atoms with Crippen molar-refractivity contribution in [2.45, 2.75) is 32.4 Å². The lowest BCUT2D eigenvalue weighted by Gasteiger charge is -2.23. The molecular weight excluding hydrogens is 519 g/mol. The summed E-state index contributed by atoms with van der Waals surface area (Å²) in [6.07, 6.45) is 2.01. The first-order chi connectivity index (χ1) is 18.0. The number of esters is 1. The van der Waals surface area contributed by atoms with Crippen LogP contribution < -0.4 is 15.0 Å². The van der Waals surface area contributed by atoms with E-state index in [0.29, 0.717) is 23.1 Å². The molecule has 1 N–H and O–H groups in total. The van der Waals surface area contributed by atoms with Gasteiger partial charge >= 0.3 is 12.1 Å². The van der Waals surface area contributed by atoms with Crippen molar-refractivity contribution in [2.75, 3.05) is 25.1 Å². The van der Waals surface area contributed by atoms with Crippen LogP contribution in [0.25, 0.3) is 11.4 Å². The number of benzene rings is 1. The Morgan fingerprint density at radius 3 is 2.53 bits per heavy atom. The number of ether oxygens (including phenoxy) is 3. The lowest BCUT2D eigenvalue weighted by Crippen LogP contribution is -2.45. The van der Waals surface area contributed by atoms with E-state index in [4.69, 9.17) is 25.8 Å². The van der Waals surface area contributed by atoms with Crippen LogP contribution in [-0.4, -0.2) is 63.8 Å². The second-order valence-electron chi connectivity index (χ2n) is 9.46. The van der Waals surface area contributed by atoms with Gasteiger partial charge in [-0.05, 0) is 51.1 Å². The first-order valence-corrected chi connectivity index (χ1v) is 12.0. The molecule has 1 saturated heterocycles. The molecule has 3 aromatic rings. The van der Waals surface area contributed by atoms with Gasteiger partial charge in [0.2, 0.25) is 5.95 Å². The van der Waals surface area contributed by atoms with Gasteiger partial charge in [0.25, 0.3) is 5.88 Å². The number of anilines is 1. The number of amides is 1. The Kier molecular flexibility index (Phi) is 7.91. The van der Waals surface area contributed by atoms with Crippen molar-refractivity contribution in [3.63, 3.8) is 0 Å². The fourth-order valence-electron chi connectivity index (χ4n) is 3.80. The molecule has 1 amide bonds. The van der Waals surface area contributed by atoms with Gasteiger partial charge in [0.1, 0.15) is 17.7 Å². The summed E-state index contributed by atoms with van der Waals surface area (Å²) in [6, 6.07) is 7.20. The Morgan fingerprint density at radius 1 is 1.13 bits per heavy atom. The molecule has 1 fully saturated rings. The monoisotopic (exact) mass is 544 g/mol. The maximum Gasteiger partial charge on any atom is 0.407 e. The van der Waals surface area contributed by atoms with Crippen LogP contribution in [0, 0.1) is 11.7 Å². The lowest BCUT2D eigenvalue weighted by atomic mass is 10.0. The van der Waals surface area contributed by atoms with E-state index < -0.39 is 35.4 Å². The molecule has 1 aromatic carbocycles. The summed E-state index contributed by atoms with van der Waals surface area (Å²) in [5.41, 5.74) is -0.0375. The quantitative estimate of drug-likeness (QED) is 0.454. The smallest absolute Gasteiger partial charge is 0.407 e. The Hall–Kier alpha value is -4.06. The molecule has 38 heavy (non-hydrogen) atoms. The molecule has 1 aliphatic heterocycles. The molecule has 200 valence electrons. The first-order valence-electron chi connectivity index (χ1n) is 11.6. The maximum atomic E-state index is 14.0. The molecule has 0 bridgehead atoms. The third kappa shape index (κ3) is 6.62. The zero-order chi connectivity index (χ0) is 27.4. The number of halogens is 2. The number of pyridine rings is 1. The molecular formula is C25H26ClFN6O5. The van der Waals surface area contributed by atoms with E-state index in [2.05, 4.69) is 25.3 Å². The van der Waals surface area contributed by atoms with Gasteiger partial charge in [-0.3, -0.25) is 4.79 Å². The fraction of sp³-hybridized carbons (Fsp3) is 0.360. The van der Waals surface area contributed by atoms with Crippen LogP contribution in [0.3, 0.4) is 0 Å². The number of carbonyl (C=O) groups excluding carboxylic acids is 2. The van der Waals surface area contributed by atoms with E-state index in [9.17, 15) is 14.0 Å². The summed E-state index contributed by atoms with van der Waals surface area (Å²) >= 11 is 5.72. The van der Waals surface area contributed by atoms with Gasteiger partial charge in [0.15, 0.2) is 11.6 Å². The zero-order valence-corrected chi connectivity index (χ0v) is 21.9. The summed E-state index contributed by atoms with van der Waals surface area (Å²) in [7, 11) is 1.29. The second-order valence-corrected chi connectivity index (χ2v) is 9.90. The normalized spacial score (nSPS) is 17.2. The van der Waals surface area contributed by atoms with Crippen LogP contribution in [0.5, 0.6) is 11.6 Å². The Morgan fingerprint density at radius 2 is 1.87 bits per heavy atom. The average molecular weight is 545 g/mol. The molecule has 0 aliphatic carbocycles. The number of nitrogens with one attached hydrogen (secondary N) is 1. The van der Waals surface area contributed by atoms with E-state index in [0.717, 1.165) is 6.07 Å². The predicted molar refractivity (Wildman–Crippen MR) is 135 cm³/mol. The number of methoxy groups -OCH3 is 1.